The first-order valence-corrected chi connectivity index (χ1v) is 11.8. The van der Waals surface area contributed by atoms with Crippen molar-refractivity contribution in [1.29, 1.82) is 0 Å². The zero-order valence-corrected chi connectivity index (χ0v) is 18.4. The van der Waals surface area contributed by atoms with Gasteiger partial charge in [-0.25, -0.2) is 0 Å². The summed E-state index contributed by atoms with van der Waals surface area (Å²) in [7, 11) is 0. The summed E-state index contributed by atoms with van der Waals surface area (Å²) in [5.74, 6) is 4.91. The molecule has 0 heterocycles. The second-order valence-electron chi connectivity index (χ2n) is 11.4. The van der Waals surface area contributed by atoms with Gasteiger partial charge in [0.1, 0.15) is 0 Å². The van der Waals surface area contributed by atoms with Gasteiger partial charge in [-0.2, -0.15) is 0 Å². The van der Waals surface area contributed by atoms with Crippen molar-refractivity contribution in [3.05, 3.63) is 23.8 Å². The molecule has 152 valence electrons. The van der Waals surface area contributed by atoms with Crippen LogP contribution in [0.4, 0.5) is 0 Å². The number of fused-ring (bicyclic) bond motifs is 5. The third kappa shape index (κ3) is 3.17. The van der Waals surface area contributed by atoms with E-state index in [0.717, 1.165) is 36.5 Å². The van der Waals surface area contributed by atoms with Crippen molar-refractivity contribution in [2.45, 2.75) is 92.1 Å². The Bertz CT molecular complexity index is 616. The van der Waals surface area contributed by atoms with E-state index in [4.69, 9.17) is 0 Å². The van der Waals surface area contributed by atoms with E-state index in [2.05, 4.69) is 52.8 Å². The van der Waals surface area contributed by atoms with Crippen LogP contribution in [0.15, 0.2) is 23.8 Å². The van der Waals surface area contributed by atoms with Gasteiger partial charge in [0.15, 0.2) is 0 Å². The molecule has 1 N–H and O–H groups in total. The highest BCUT2D eigenvalue weighted by Crippen LogP contribution is 2.67. The Morgan fingerprint density at radius 2 is 1.78 bits per heavy atom. The minimum atomic E-state index is -0.0841. The van der Waals surface area contributed by atoms with Gasteiger partial charge in [0.2, 0.25) is 0 Å². The Labute approximate surface area is 167 Å². The van der Waals surface area contributed by atoms with Crippen molar-refractivity contribution in [2.24, 2.45) is 46.3 Å². The van der Waals surface area contributed by atoms with E-state index >= 15 is 0 Å². The summed E-state index contributed by atoms with van der Waals surface area (Å²) in [4.78, 5) is 0. The van der Waals surface area contributed by atoms with Crippen LogP contribution in [0.2, 0.25) is 0 Å². The maximum Gasteiger partial charge on any atom is 0.0577 e. The van der Waals surface area contributed by atoms with Crippen molar-refractivity contribution in [3.8, 4) is 0 Å². The first-order valence-electron chi connectivity index (χ1n) is 11.8. The molecule has 4 rings (SSSR count). The van der Waals surface area contributed by atoms with Gasteiger partial charge in [-0.15, -0.1) is 0 Å². The monoisotopic (exact) mass is 370 g/mol. The molecule has 1 nitrogen and oxygen atoms in total. The predicted octanol–water partition coefficient (Wildman–Crippen LogP) is 6.77. The van der Waals surface area contributed by atoms with Crippen LogP contribution >= 0.6 is 0 Å². The lowest BCUT2D eigenvalue weighted by molar-refractivity contribution is -0.0540. The zero-order valence-electron chi connectivity index (χ0n) is 18.4. The van der Waals surface area contributed by atoms with Crippen LogP contribution in [-0.2, 0) is 0 Å². The van der Waals surface area contributed by atoms with Crippen molar-refractivity contribution in [1.82, 2.24) is 0 Å². The summed E-state index contributed by atoms with van der Waals surface area (Å²) in [5, 5.41) is 10.2. The molecular formula is C26H42O. The van der Waals surface area contributed by atoms with E-state index in [9.17, 15) is 5.11 Å². The van der Waals surface area contributed by atoms with E-state index in [-0.39, 0.29) is 6.10 Å². The van der Waals surface area contributed by atoms with Crippen LogP contribution in [0.25, 0.3) is 0 Å². The minimum Gasteiger partial charge on any atom is -0.393 e. The predicted molar refractivity (Wildman–Crippen MR) is 114 cm³/mol. The molecule has 0 aromatic heterocycles. The molecule has 8 atom stereocenters. The molecule has 4 aliphatic carbocycles. The molecule has 4 aliphatic rings. The molecule has 0 amide bonds. The fourth-order valence-electron chi connectivity index (χ4n) is 8.08. The highest BCUT2D eigenvalue weighted by Gasteiger charge is 2.58. The molecule has 0 aromatic rings. The Morgan fingerprint density at radius 1 is 1.00 bits per heavy atom. The molecule has 1 heteroatoms. The highest BCUT2D eigenvalue weighted by atomic mass is 16.3. The normalized spacial score (nSPS) is 48.1. The Morgan fingerprint density at radius 3 is 2.52 bits per heavy atom. The quantitative estimate of drug-likeness (QED) is 0.543. The maximum atomic E-state index is 10.2. The molecule has 0 radical (unpaired) electrons. The molecule has 0 bridgehead atoms. The first kappa shape index (κ1) is 19.7. The van der Waals surface area contributed by atoms with Crippen molar-refractivity contribution < 1.29 is 5.11 Å². The van der Waals surface area contributed by atoms with Crippen LogP contribution < -0.4 is 0 Å². The van der Waals surface area contributed by atoms with Crippen LogP contribution in [0.5, 0.6) is 0 Å². The summed E-state index contributed by atoms with van der Waals surface area (Å²) in [6.45, 7) is 12.3. The lowest BCUT2D eigenvalue weighted by Gasteiger charge is -2.58. The van der Waals surface area contributed by atoms with Crippen LogP contribution in [-0.4, -0.2) is 11.2 Å². The lowest BCUT2D eigenvalue weighted by Crippen LogP contribution is -2.50. The smallest absolute Gasteiger partial charge is 0.0577 e. The van der Waals surface area contributed by atoms with Gasteiger partial charge >= 0.3 is 0 Å². The van der Waals surface area contributed by atoms with Crippen LogP contribution in [0.3, 0.4) is 0 Å². The molecule has 0 unspecified atom stereocenters. The fraction of sp³-hybridized carbons (Fsp3) is 0.846. The SMILES string of the molecule is CC(C)/C=C/[C@@H](C)[C@H]1CC[C@H]2[C@@H]3CC=C4C[C@@H](O)CC[C@]4(C)[C@H]3CC[C@]12C. The molecular weight excluding hydrogens is 328 g/mol. The van der Waals surface area contributed by atoms with Crippen LogP contribution in [0, 0.1) is 46.3 Å². The van der Waals surface area contributed by atoms with Gasteiger partial charge in [0.25, 0.3) is 0 Å². The Hall–Kier alpha value is -0.560. The van der Waals surface area contributed by atoms with Gasteiger partial charge in [-0.3, -0.25) is 0 Å². The lowest BCUT2D eigenvalue weighted by atomic mass is 9.47. The molecule has 0 aliphatic heterocycles. The third-order valence-electron chi connectivity index (χ3n) is 9.59. The molecule has 3 fully saturated rings. The van der Waals surface area contributed by atoms with Crippen molar-refractivity contribution in [3.63, 3.8) is 0 Å². The van der Waals surface area contributed by atoms with Crippen LogP contribution in [0.1, 0.15) is 86.0 Å². The molecule has 27 heavy (non-hydrogen) atoms. The summed E-state index contributed by atoms with van der Waals surface area (Å²) in [5.41, 5.74) is 2.52. The first-order chi connectivity index (χ1) is 12.8. The number of aliphatic hydroxyl groups excluding tert-OH is 1. The highest BCUT2D eigenvalue weighted by molar-refractivity contribution is 5.25. The molecule has 0 spiro atoms. The number of hydrogen-bond acceptors (Lipinski definition) is 1. The minimum absolute atomic E-state index is 0.0841. The largest absolute Gasteiger partial charge is 0.393 e. The Kier molecular flexibility index (Phi) is 5.15. The van der Waals surface area contributed by atoms with Crippen molar-refractivity contribution in [2.75, 3.05) is 0 Å². The average Bonchev–Trinajstić information content (AvgIpc) is 2.97. The Balaban J connectivity index is 1.57. The topological polar surface area (TPSA) is 20.2 Å². The maximum absolute atomic E-state index is 10.2. The third-order valence-corrected chi connectivity index (χ3v) is 9.59. The van der Waals surface area contributed by atoms with E-state index in [0.29, 0.717) is 22.7 Å². The second kappa shape index (κ2) is 7.05. The van der Waals surface area contributed by atoms with E-state index in [1.54, 1.807) is 5.57 Å². The summed E-state index contributed by atoms with van der Waals surface area (Å²) in [6.07, 6.45) is 17.6. The number of aliphatic hydroxyl groups is 1. The average molecular weight is 371 g/mol. The number of allylic oxidation sites excluding steroid dienone is 3. The van der Waals surface area contributed by atoms with Crippen molar-refractivity contribution >= 4 is 0 Å². The van der Waals surface area contributed by atoms with Gasteiger partial charge in [0, 0.05) is 0 Å². The fourth-order valence-corrected chi connectivity index (χ4v) is 8.08. The summed E-state index contributed by atoms with van der Waals surface area (Å²) >= 11 is 0. The standard InChI is InChI=1S/C26H42O/c1-17(2)6-7-18(3)22-10-11-23-21-9-8-19-16-20(27)12-14-25(19,4)24(21)13-15-26(22,23)5/h6-8,17-18,20-24,27H,9-16H2,1-5H3/b7-6+/t18-,20+,21+,22-,23+,24+,25+,26-/m1/s1. The molecule has 3 saturated carbocycles. The second-order valence-corrected chi connectivity index (χ2v) is 11.4. The number of rotatable bonds is 3. The summed E-state index contributed by atoms with van der Waals surface area (Å²) in [6, 6.07) is 0. The van der Waals surface area contributed by atoms with E-state index in [1.165, 1.54) is 38.5 Å². The van der Waals surface area contributed by atoms with E-state index < -0.39 is 0 Å². The zero-order chi connectivity index (χ0) is 19.4. The van der Waals surface area contributed by atoms with Gasteiger partial charge in [0.05, 0.1) is 6.10 Å². The molecule has 0 aromatic carbocycles. The molecule has 0 saturated heterocycles. The van der Waals surface area contributed by atoms with E-state index in [1.807, 2.05) is 0 Å². The van der Waals surface area contributed by atoms with Gasteiger partial charge in [-0.1, -0.05) is 58.4 Å². The summed E-state index contributed by atoms with van der Waals surface area (Å²) < 4.78 is 0. The van der Waals surface area contributed by atoms with Gasteiger partial charge in [-0.05, 0) is 97.7 Å². The van der Waals surface area contributed by atoms with Gasteiger partial charge < -0.3 is 5.11 Å². The number of hydrogen-bond donors (Lipinski definition) is 1.